The average Bonchev–Trinajstić information content (AvgIpc) is 2.35. The number of carbonyl (C=O) groups excluding carboxylic acids is 1. The summed E-state index contributed by atoms with van der Waals surface area (Å²) in [6.07, 6.45) is 2.98. The van der Waals surface area contributed by atoms with Crippen molar-refractivity contribution in [3.63, 3.8) is 0 Å². The van der Waals surface area contributed by atoms with E-state index in [2.05, 4.69) is 5.32 Å². The van der Waals surface area contributed by atoms with Crippen LogP contribution >= 0.6 is 11.8 Å². The number of amides is 2. The standard InChI is InChI=1S/C13H19FN2OS/c1-10(7-8-18-3)16(2)13(17)15-12-6-4-5-11(14)9-12/h4-6,9-10H,7-8H2,1-3H3,(H,15,17)/t10-/m0/s1. The molecule has 1 aromatic carbocycles. The molecule has 1 rings (SSSR count). The summed E-state index contributed by atoms with van der Waals surface area (Å²) in [5.74, 6) is 0.657. The minimum atomic E-state index is -0.356. The van der Waals surface area contributed by atoms with Gasteiger partial charge in [0.05, 0.1) is 0 Å². The molecule has 0 aliphatic heterocycles. The summed E-state index contributed by atoms with van der Waals surface area (Å²) in [6.45, 7) is 2.00. The molecule has 2 amide bonds. The minimum Gasteiger partial charge on any atom is -0.325 e. The summed E-state index contributed by atoms with van der Waals surface area (Å²) in [4.78, 5) is 13.6. The fourth-order valence-electron chi connectivity index (χ4n) is 1.46. The highest BCUT2D eigenvalue weighted by Crippen LogP contribution is 2.12. The SMILES string of the molecule is CSCC[C@H](C)N(C)C(=O)Nc1cccc(F)c1. The molecule has 0 saturated carbocycles. The third-order valence-electron chi connectivity index (χ3n) is 2.80. The van der Waals surface area contributed by atoms with Gasteiger partial charge in [-0.2, -0.15) is 11.8 Å². The topological polar surface area (TPSA) is 32.3 Å². The Morgan fingerprint density at radius 1 is 1.56 bits per heavy atom. The molecule has 0 aromatic heterocycles. The van der Waals surface area contributed by atoms with Crippen LogP contribution in [-0.4, -0.2) is 36.0 Å². The molecule has 1 aromatic rings. The van der Waals surface area contributed by atoms with E-state index >= 15 is 0 Å². The minimum absolute atomic E-state index is 0.158. The maximum Gasteiger partial charge on any atom is 0.321 e. The molecular weight excluding hydrogens is 251 g/mol. The summed E-state index contributed by atoms with van der Waals surface area (Å²) in [5, 5.41) is 2.68. The van der Waals surface area contributed by atoms with Crippen molar-refractivity contribution in [2.75, 3.05) is 24.4 Å². The van der Waals surface area contributed by atoms with Crippen molar-refractivity contribution in [3.05, 3.63) is 30.1 Å². The van der Waals surface area contributed by atoms with E-state index in [0.717, 1.165) is 12.2 Å². The van der Waals surface area contributed by atoms with Crippen LogP contribution in [0.25, 0.3) is 0 Å². The Hall–Kier alpha value is -1.23. The van der Waals surface area contributed by atoms with Gasteiger partial charge in [0.1, 0.15) is 5.82 Å². The van der Waals surface area contributed by atoms with Crippen molar-refractivity contribution < 1.29 is 9.18 Å². The number of urea groups is 1. The second kappa shape index (κ2) is 7.26. The molecule has 100 valence electrons. The lowest BCUT2D eigenvalue weighted by molar-refractivity contribution is 0.207. The Labute approximate surface area is 112 Å². The number of hydrogen-bond donors (Lipinski definition) is 1. The first-order valence-corrected chi connectivity index (χ1v) is 7.22. The van der Waals surface area contributed by atoms with Crippen LogP contribution in [0, 0.1) is 5.82 Å². The summed E-state index contributed by atoms with van der Waals surface area (Å²) in [6, 6.07) is 5.84. The lowest BCUT2D eigenvalue weighted by Gasteiger charge is -2.25. The van der Waals surface area contributed by atoms with Gasteiger partial charge in [-0.05, 0) is 43.6 Å². The van der Waals surface area contributed by atoms with Gasteiger partial charge in [0.2, 0.25) is 0 Å². The smallest absolute Gasteiger partial charge is 0.321 e. The van der Waals surface area contributed by atoms with Gasteiger partial charge in [-0.1, -0.05) is 6.07 Å². The number of carbonyl (C=O) groups is 1. The van der Waals surface area contributed by atoms with Gasteiger partial charge < -0.3 is 10.2 Å². The lowest BCUT2D eigenvalue weighted by atomic mass is 10.2. The van der Waals surface area contributed by atoms with E-state index in [1.165, 1.54) is 12.1 Å². The summed E-state index contributed by atoms with van der Waals surface area (Å²) in [5.41, 5.74) is 0.476. The molecule has 3 nitrogen and oxygen atoms in total. The van der Waals surface area contributed by atoms with Crippen LogP contribution < -0.4 is 5.32 Å². The van der Waals surface area contributed by atoms with E-state index < -0.39 is 0 Å². The highest BCUT2D eigenvalue weighted by molar-refractivity contribution is 7.98. The fraction of sp³-hybridized carbons (Fsp3) is 0.462. The summed E-state index contributed by atoms with van der Waals surface area (Å²) >= 11 is 1.76. The Morgan fingerprint density at radius 2 is 2.28 bits per heavy atom. The third-order valence-corrected chi connectivity index (χ3v) is 3.44. The number of nitrogens with one attached hydrogen (secondary N) is 1. The Kier molecular flexibility index (Phi) is 5.98. The number of rotatable bonds is 5. The molecule has 0 fully saturated rings. The van der Waals surface area contributed by atoms with Crippen LogP contribution in [0.1, 0.15) is 13.3 Å². The largest absolute Gasteiger partial charge is 0.325 e. The van der Waals surface area contributed by atoms with Crippen molar-refractivity contribution in [3.8, 4) is 0 Å². The Bertz CT molecular complexity index is 400. The van der Waals surface area contributed by atoms with Crippen molar-refractivity contribution in [2.45, 2.75) is 19.4 Å². The van der Waals surface area contributed by atoms with Crippen molar-refractivity contribution in [1.82, 2.24) is 4.90 Å². The molecule has 0 saturated heterocycles. The van der Waals surface area contributed by atoms with E-state index in [4.69, 9.17) is 0 Å². The maximum absolute atomic E-state index is 13.0. The zero-order valence-electron chi connectivity index (χ0n) is 10.9. The van der Waals surface area contributed by atoms with E-state index in [1.807, 2.05) is 13.2 Å². The molecule has 0 bridgehead atoms. The molecule has 1 atom stereocenters. The first-order valence-electron chi connectivity index (χ1n) is 5.83. The number of thioether (sulfide) groups is 1. The first-order chi connectivity index (χ1) is 8.54. The third kappa shape index (κ3) is 4.56. The second-order valence-electron chi connectivity index (χ2n) is 4.18. The van der Waals surface area contributed by atoms with Crippen LogP contribution in [-0.2, 0) is 0 Å². The molecule has 0 unspecified atom stereocenters. The molecule has 0 spiro atoms. The normalized spacial score (nSPS) is 12.0. The number of benzene rings is 1. The molecule has 5 heteroatoms. The number of halogens is 1. The van der Waals surface area contributed by atoms with Crippen molar-refractivity contribution >= 4 is 23.5 Å². The van der Waals surface area contributed by atoms with E-state index in [-0.39, 0.29) is 17.9 Å². The van der Waals surface area contributed by atoms with Crippen LogP contribution in [0.15, 0.2) is 24.3 Å². The first kappa shape index (κ1) is 14.8. The predicted molar refractivity (Wildman–Crippen MR) is 75.6 cm³/mol. The second-order valence-corrected chi connectivity index (χ2v) is 5.17. The lowest BCUT2D eigenvalue weighted by Crippen LogP contribution is -2.38. The highest BCUT2D eigenvalue weighted by atomic mass is 32.2. The van der Waals surface area contributed by atoms with Crippen molar-refractivity contribution in [1.29, 1.82) is 0 Å². The van der Waals surface area contributed by atoms with Crippen LogP contribution in [0.3, 0.4) is 0 Å². The van der Waals surface area contributed by atoms with Crippen LogP contribution in [0.4, 0.5) is 14.9 Å². The zero-order chi connectivity index (χ0) is 13.5. The quantitative estimate of drug-likeness (QED) is 0.889. The van der Waals surface area contributed by atoms with Crippen molar-refractivity contribution in [2.24, 2.45) is 0 Å². The van der Waals surface area contributed by atoms with Crippen LogP contribution in [0.2, 0.25) is 0 Å². The van der Waals surface area contributed by atoms with Gasteiger partial charge in [-0.25, -0.2) is 9.18 Å². The summed E-state index contributed by atoms with van der Waals surface area (Å²) in [7, 11) is 1.75. The Balaban J connectivity index is 2.54. The van der Waals surface area contributed by atoms with E-state index in [0.29, 0.717) is 5.69 Å². The molecule has 0 heterocycles. The fourth-order valence-corrected chi connectivity index (χ4v) is 2.04. The molecule has 1 N–H and O–H groups in total. The van der Waals surface area contributed by atoms with Gasteiger partial charge in [-0.15, -0.1) is 0 Å². The van der Waals surface area contributed by atoms with Gasteiger partial charge in [0, 0.05) is 18.8 Å². The van der Waals surface area contributed by atoms with Gasteiger partial charge in [0.25, 0.3) is 0 Å². The van der Waals surface area contributed by atoms with E-state index in [9.17, 15) is 9.18 Å². The summed E-state index contributed by atoms with van der Waals surface area (Å²) < 4.78 is 13.0. The van der Waals surface area contributed by atoms with Crippen LogP contribution in [0.5, 0.6) is 0 Å². The number of anilines is 1. The molecule has 0 radical (unpaired) electrons. The number of hydrogen-bond acceptors (Lipinski definition) is 2. The van der Waals surface area contributed by atoms with Gasteiger partial charge in [-0.3, -0.25) is 0 Å². The Morgan fingerprint density at radius 3 is 2.89 bits per heavy atom. The number of nitrogens with zero attached hydrogens (tertiary/aromatic N) is 1. The van der Waals surface area contributed by atoms with Gasteiger partial charge in [0.15, 0.2) is 0 Å². The maximum atomic E-state index is 13.0. The highest BCUT2D eigenvalue weighted by Gasteiger charge is 2.15. The molecule has 18 heavy (non-hydrogen) atoms. The van der Waals surface area contributed by atoms with E-state index in [1.54, 1.807) is 35.8 Å². The molecule has 0 aliphatic carbocycles. The molecular formula is C13H19FN2OS. The average molecular weight is 270 g/mol. The molecule has 0 aliphatic rings. The van der Waals surface area contributed by atoms with Gasteiger partial charge >= 0.3 is 6.03 Å². The monoisotopic (exact) mass is 270 g/mol. The zero-order valence-corrected chi connectivity index (χ0v) is 11.8. The predicted octanol–water partition coefficient (Wildman–Crippen LogP) is 3.43.